The Bertz CT molecular complexity index is 1130. The van der Waals surface area contributed by atoms with Crippen molar-refractivity contribution in [3.63, 3.8) is 0 Å². The van der Waals surface area contributed by atoms with Crippen molar-refractivity contribution in [1.82, 2.24) is 15.0 Å². The number of hydrogen-bond donors (Lipinski definition) is 1. The highest BCUT2D eigenvalue weighted by Gasteiger charge is 2.61. The second-order valence-corrected chi connectivity index (χ2v) is 12.9. The Balaban J connectivity index is 1.20. The summed E-state index contributed by atoms with van der Waals surface area (Å²) >= 11 is 0. The Morgan fingerprint density at radius 3 is 2.59 bits per heavy atom. The maximum Gasteiger partial charge on any atom is 0.159 e. The lowest BCUT2D eigenvalue weighted by molar-refractivity contribution is -0.151. The van der Waals surface area contributed by atoms with Gasteiger partial charge < -0.3 is 5.11 Å². The first kappa shape index (κ1) is 22.6. The fraction of sp³-hybridized carbons (Fsp3) is 0.750. The first-order chi connectivity index (χ1) is 16.1. The molecule has 4 saturated carbocycles. The van der Waals surface area contributed by atoms with E-state index < -0.39 is 5.60 Å². The molecular weight excluding hydrogens is 429 g/mol. The predicted molar refractivity (Wildman–Crippen MR) is 128 cm³/mol. The molecule has 34 heavy (non-hydrogen) atoms. The Morgan fingerprint density at radius 1 is 1.00 bits per heavy atom. The number of fused-ring (bicyclic) bond motifs is 6. The van der Waals surface area contributed by atoms with E-state index in [0.717, 1.165) is 44.4 Å². The fourth-order valence-corrected chi connectivity index (χ4v) is 9.21. The normalized spacial score (nSPS) is 43.9. The first-order valence-corrected chi connectivity index (χ1v) is 13.3. The van der Waals surface area contributed by atoms with Gasteiger partial charge in [-0.3, -0.25) is 4.79 Å². The van der Waals surface area contributed by atoms with Crippen molar-refractivity contribution in [2.45, 2.75) is 90.7 Å². The van der Waals surface area contributed by atoms with E-state index in [9.17, 15) is 14.3 Å². The van der Waals surface area contributed by atoms with Crippen LogP contribution in [0.15, 0.2) is 18.2 Å². The number of aliphatic hydroxyl groups is 1. The van der Waals surface area contributed by atoms with Gasteiger partial charge in [0.1, 0.15) is 23.4 Å². The van der Waals surface area contributed by atoms with Crippen LogP contribution in [0.25, 0.3) is 11.0 Å². The van der Waals surface area contributed by atoms with Crippen LogP contribution in [0.3, 0.4) is 0 Å². The predicted octanol–water partition coefficient (Wildman–Crippen LogP) is 5.55. The zero-order valence-electron chi connectivity index (χ0n) is 20.8. The standard InChI is InChI=1S/C28H38FN3O2/c1-26(34)12-13-27(2)17(15-26)4-6-19-20-7-8-22(28(20,3)11-10-21(19)27)25(33)16-32-30-23-9-5-18(29)14-24(23)31-32/h5,9,14,17,19-22,34H,4,6-8,10-13,15-16H2,1-3H3/t17-,19+,20+,21+,22-,26-,27+,28+/m1/s1. The Kier molecular flexibility index (Phi) is 5.05. The van der Waals surface area contributed by atoms with Crippen molar-refractivity contribution in [3.05, 3.63) is 24.0 Å². The quantitative estimate of drug-likeness (QED) is 0.643. The second kappa shape index (κ2) is 7.59. The number of carbonyl (C=O) groups is 1. The molecule has 0 spiro atoms. The molecule has 1 aromatic heterocycles. The van der Waals surface area contributed by atoms with Crippen LogP contribution in [-0.4, -0.2) is 31.5 Å². The van der Waals surface area contributed by atoms with E-state index in [4.69, 9.17) is 0 Å². The zero-order chi connectivity index (χ0) is 23.9. The van der Waals surface area contributed by atoms with Crippen LogP contribution in [0.2, 0.25) is 0 Å². The molecule has 2 aromatic rings. The molecular formula is C28H38FN3O2. The number of Topliss-reactive ketones (excluding diaryl/α,β-unsaturated/α-hetero) is 1. The molecule has 1 N–H and O–H groups in total. The number of carbonyl (C=O) groups excluding carboxylic acids is 1. The summed E-state index contributed by atoms with van der Waals surface area (Å²) in [6.07, 6.45) is 9.91. The summed E-state index contributed by atoms with van der Waals surface area (Å²) in [4.78, 5) is 15.0. The van der Waals surface area contributed by atoms with Crippen LogP contribution >= 0.6 is 0 Å². The van der Waals surface area contributed by atoms with Crippen molar-refractivity contribution in [3.8, 4) is 0 Å². The number of ketones is 1. The fourth-order valence-electron chi connectivity index (χ4n) is 9.21. The van der Waals surface area contributed by atoms with Gasteiger partial charge in [0.2, 0.25) is 0 Å². The van der Waals surface area contributed by atoms with Gasteiger partial charge in [-0.1, -0.05) is 13.8 Å². The molecule has 0 unspecified atom stereocenters. The minimum Gasteiger partial charge on any atom is -0.390 e. The van der Waals surface area contributed by atoms with Crippen LogP contribution < -0.4 is 0 Å². The summed E-state index contributed by atoms with van der Waals surface area (Å²) in [6.45, 7) is 7.09. The summed E-state index contributed by atoms with van der Waals surface area (Å²) in [7, 11) is 0. The third-order valence-corrected chi connectivity index (χ3v) is 11.0. The largest absolute Gasteiger partial charge is 0.390 e. The van der Waals surface area contributed by atoms with Crippen LogP contribution in [0.5, 0.6) is 0 Å². The monoisotopic (exact) mass is 467 g/mol. The lowest BCUT2D eigenvalue weighted by Gasteiger charge is -2.61. The maximum absolute atomic E-state index is 13.5. The lowest BCUT2D eigenvalue weighted by atomic mass is 9.44. The third-order valence-electron chi connectivity index (χ3n) is 11.0. The maximum atomic E-state index is 13.5. The molecule has 0 aliphatic heterocycles. The highest BCUT2D eigenvalue weighted by atomic mass is 19.1. The van der Waals surface area contributed by atoms with Gasteiger partial charge in [0.05, 0.1) is 5.60 Å². The van der Waals surface area contributed by atoms with Crippen molar-refractivity contribution in [1.29, 1.82) is 0 Å². The van der Waals surface area contributed by atoms with Gasteiger partial charge in [0.25, 0.3) is 0 Å². The number of benzene rings is 1. The van der Waals surface area contributed by atoms with Gasteiger partial charge in [0.15, 0.2) is 5.78 Å². The molecule has 0 saturated heterocycles. The summed E-state index contributed by atoms with van der Waals surface area (Å²) in [5, 5.41) is 19.5. The molecule has 0 amide bonds. The second-order valence-electron chi connectivity index (χ2n) is 12.9. The third kappa shape index (κ3) is 3.38. The van der Waals surface area contributed by atoms with E-state index in [-0.39, 0.29) is 29.5 Å². The lowest BCUT2D eigenvalue weighted by Crippen LogP contribution is -2.55. The molecule has 6 heteroatoms. The van der Waals surface area contributed by atoms with Crippen LogP contribution in [-0.2, 0) is 11.3 Å². The average molecular weight is 468 g/mol. The summed E-state index contributed by atoms with van der Waals surface area (Å²) in [5.41, 5.74) is 1.02. The highest BCUT2D eigenvalue weighted by Crippen LogP contribution is 2.68. The van der Waals surface area contributed by atoms with E-state index in [1.54, 1.807) is 6.07 Å². The van der Waals surface area contributed by atoms with Gasteiger partial charge in [-0.2, -0.15) is 15.0 Å². The molecule has 184 valence electrons. The van der Waals surface area contributed by atoms with E-state index in [1.807, 2.05) is 6.92 Å². The van der Waals surface area contributed by atoms with Gasteiger partial charge in [-0.15, -0.1) is 0 Å². The molecule has 1 heterocycles. The number of rotatable bonds is 3. The van der Waals surface area contributed by atoms with Gasteiger partial charge >= 0.3 is 0 Å². The Morgan fingerprint density at radius 2 is 1.76 bits per heavy atom. The number of halogens is 1. The van der Waals surface area contributed by atoms with E-state index >= 15 is 0 Å². The molecule has 4 aliphatic rings. The summed E-state index contributed by atoms with van der Waals surface area (Å²) in [5.74, 6) is 2.62. The zero-order valence-corrected chi connectivity index (χ0v) is 20.8. The smallest absolute Gasteiger partial charge is 0.159 e. The Labute approximate surface area is 201 Å². The van der Waals surface area contributed by atoms with Crippen molar-refractivity contribution in [2.24, 2.45) is 40.4 Å². The minimum atomic E-state index is -0.498. The van der Waals surface area contributed by atoms with Gasteiger partial charge in [-0.25, -0.2) is 4.39 Å². The SMILES string of the molecule is C[C@@]1(O)CC[C@@]2(C)[C@H](CC[C@@H]3[C@@H]2CC[C@]2(C)[C@@H](C(=O)Cn4nc5ccc(F)cc5n4)CC[C@@H]32)C1. The van der Waals surface area contributed by atoms with Gasteiger partial charge in [0, 0.05) is 12.0 Å². The summed E-state index contributed by atoms with van der Waals surface area (Å²) < 4.78 is 13.5. The molecule has 5 nitrogen and oxygen atoms in total. The molecule has 1 aromatic carbocycles. The number of aromatic nitrogens is 3. The number of hydrogen-bond acceptors (Lipinski definition) is 4. The summed E-state index contributed by atoms with van der Waals surface area (Å²) in [6, 6.07) is 4.38. The molecule has 0 bridgehead atoms. The van der Waals surface area contributed by atoms with E-state index in [1.165, 1.54) is 36.2 Å². The van der Waals surface area contributed by atoms with Crippen LogP contribution in [0.1, 0.15) is 78.6 Å². The highest BCUT2D eigenvalue weighted by molar-refractivity contribution is 5.82. The molecule has 4 fully saturated rings. The molecule has 4 aliphatic carbocycles. The van der Waals surface area contributed by atoms with Crippen LogP contribution in [0.4, 0.5) is 4.39 Å². The molecule has 8 atom stereocenters. The topological polar surface area (TPSA) is 68.0 Å². The average Bonchev–Trinajstić information content (AvgIpc) is 3.33. The van der Waals surface area contributed by atoms with E-state index in [0.29, 0.717) is 34.2 Å². The minimum absolute atomic E-state index is 0.0558. The van der Waals surface area contributed by atoms with Crippen molar-refractivity contribution < 1.29 is 14.3 Å². The van der Waals surface area contributed by atoms with Crippen molar-refractivity contribution >= 4 is 16.8 Å². The molecule has 0 radical (unpaired) electrons. The van der Waals surface area contributed by atoms with Gasteiger partial charge in [-0.05, 0) is 111 Å². The van der Waals surface area contributed by atoms with Crippen LogP contribution in [0, 0.1) is 46.2 Å². The number of nitrogens with zero attached hydrogens (tertiary/aromatic N) is 3. The van der Waals surface area contributed by atoms with Crippen molar-refractivity contribution in [2.75, 3.05) is 0 Å². The Hall–Kier alpha value is -1.82. The van der Waals surface area contributed by atoms with E-state index in [2.05, 4.69) is 24.0 Å². The molecule has 6 rings (SSSR count). The first-order valence-electron chi connectivity index (χ1n) is 13.3.